The molecule has 1 aliphatic carbocycles. The van der Waals surface area contributed by atoms with Gasteiger partial charge in [0.25, 0.3) is 0 Å². The van der Waals surface area contributed by atoms with Crippen LogP contribution in [0.15, 0.2) is 47.3 Å². The molecule has 1 atom stereocenters. The highest BCUT2D eigenvalue weighted by Gasteiger charge is 2.43. The van der Waals surface area contributed by atoms with Gasteiger partial charge in [-0.1, -0.05) is 18.2 Å². The highest BCUT2D eigenvalue weighted by Crippen LogP contribution is 2.46. The molecule has 5 rings (SSSR count). The molecule has 5 heteroatoms. The van der Waals surface area contributed by atoms with Crippen LogP contribution >= 0.6 is 0 Å². The molecule has 2 aliphatic heterocycles. The summed E-state index contributed by atoms with van der Waals surface area (Å²) in [6, 6.07) is 10.3. The predicted molar refractivity (Wildman–Crippen MR) is 111 cm³/mol. The summed E-state index contributed by atoms with van der Waals surface area (Å²) >= 11 is 0. The van der Waals surface area contributed by atoms with Crippen molar-refractivity contribution in [3.8, 4) is 5.75 Å². The van der Waals surface area contributed by atoms with Crippen LogP contribution in [0, 0.1) is 5.92 Å². The largest absolute Gasteiger partial charge is 0.487 e. The molecule has 1 amide bonds. The van der Waals surface area contributed by atoms with Crippen molar-refractivity contribution in [2.75, 3.05) is 19.6 Å². The van der Waals surface area contributed by atoms with Crippen molar-refractivity contribution in [3.63, 3.8) is 0 Å². The van der Waals surface area contributed by atoms with Crippen LogP contribution < -0.4 is 10.1 Å². The summed E-state index contributed by atoms with van der Waals surface area (Å²) in [6.07, 6.45) is 9.58. The van der Waals surface area contributed by atoms with Crippen molar-refractivity contribution in [2.45, 2.75) is 56.6 Å². The number of hydrogen-bond acceptors (Lipinski definition) is 4. The standard InChI is InChI=1S/C24H30N2O3/c27-23(25-15-18-5-6-18)13-20-14-24(29-22-4-2-1-3-21(20)22)8-10-26(11-9-24)16-19-7-12-28-17-19/h1-4,7,12,17-18,20H,5-6,8-11,13-16H2,(H,25,27). The Kier molecular flexibility index (Phi) is 5.08. The van der Waals surface area contributed by atoms with Gasteiger partial charge < -0.3 is 14.5 Å². The summed E-state index contributed by atoms with van der Waals surface area (Å²) in [5.41, 5.74) is 2.27. The second-order valence-corrected chi connectivity index (χ2v) is 9.08. The molecular formula is C24H30N2O3. The molecule has 1 unspecified atom stereocenters. The normalized spacial score (nSPS) is 23.4. The zero-order chi connectivity index (χ0) is 19.7. The lowest BCUT2D eigenvalue weighted by Gasteiger charge is -2.47. The maximum Gasteiger partial charge on any atom is 0.220 e. The first-order valence-corrected chi connectivity index (χ1v) is 11.0. The van der Waals surface area contributed by atoms with Crippen LogP contribution in [0.1, 0.15) is 55.6 Å². The number of hydrogen-bond donors (Lipinski definition) is 1. The molecule has 0 radical (unpaired) electrons. The summed E-state index contributed by atoms with van der Waals surface area (Å²) in [5, 5.41) is 3.15. The minimum absolute atomic E-state index is 0.150. The number of rotatable bonds is 6. The first-order valence-electron chi connectivity index (χ1n) is 11.0. The van der Waals surface area contributed by atoms with E-state index < -0.39 is 0 Å². The van der Waals surface area contributed by atoms with E-state index >= 15 is 0 Å². The summed E-state index contributed by atoms with van der Waals surface area (Å²) in [5.74, 6) is 2.11. The summed E-state index contributed by atoms with van der Waals surface area (Å²) in [6.45, 7) is 3.79. The SMILES string of the molecule is O=C(CC1CC2(CCN(Cc3ccoc3)CC2)Oc2ccccc21)NCC1CC1. The maximum atomic E-state index is 12.6. The van der Waals surface area contributed by atoms with Crippen LogP contribution in [-0.2, 0) is 11.3 Å². The van der Waals surface area contributed by atoms with Gasteiger partial charge in [-0.15, -0.1) is 0 Å². The molecule has 2 fully saturated rings. The van der Waals surface area contributed by atoms with E-state index in [-0.39, 0.29) is 17.4 Å². The van der Waals surface area contributed by atoms with Crippen LogP contribution in [0.3, 0.4) is 0 Å². The lowest BCUT2D eigenvalue weighted by atomic mass is 9.76. The second-order valence-electron chi connectivity index (χ2n) is 9.08. The number of piperidine rings is 1. The Balaban J connectivity index is 1.26. The van der Waals surface area contributed by atoms with Crippen molar-refractivity contribution >= 4 is 5.91 Å². The van der Waals surface area contributed by atoms with Crippen LogP contribution in [0.2, 0.25) is 0 Å². The number of furan rings is 1. The Hall–Kier alpha value is -2.27. The molecule has 1 aromatic heterocycles. The topological polar surface area (TPSA) is 54.7 Å². The van der Waals surface area contributed by atoms with Gasteiger partial charge in [0, 0.05) is 44.1 Å². The molecule has 29 heavy (non-hydrogen) atoms. The molecule has 1 aromatic carbocycles. The minimum Gasteiger partial charge on any atom is -0.487 e. The number of para-hydroxylation sites is 1. The number of ether oxygens (including phenoxy) is 1. The Morgan fingerprint density at radius 3 is 2.76 bits per heavy atom. The van der Waals surface area contributed by atoms with E-state index in [4.69, 9.17) is 9.15 Å². The molecule has 3 aliphatic rings. The smallest absolute Gasteiger partial charge is 0.220 e. The van der Waals surface area contributed by atoms with E-state index in [1.807, 2.05) is 18.4 Å². The van der Waals surface area contributed by atoms with Crippen LogP contribution in [-0.4, -0.2) is 36.0 Å². The molecule has 3 heterocycles. The maximum absolute atomic E-state index is 12.6. The third-order valence-corrected chi connectivity index (χ3v) is 6.77. The molecule has 2 aromatic rings. The van der Waals surface area contributed by atoms with Gasteiger partial charge in [-0.2, -0.15) is 0 Å². The van der Waals surface area contributed by atoms with Gasteiger partial charge in [0.15, 0.2) is 0 Å². The number of fused-ring (bicyclic) bond motifs is 1. The lowest BCUT2D eigenvalue weighted by Crippen LogP contribution is -2.50. The van der Waals surface area contributed by atoms with Gasteiger partial charge in [0.1, 0.15) is 11.4 Å². The Morgan fingerprint density at radius 1 is 1.17 bits per heavy atom. The number of benzene rings is 1. The van der Waals surface area contributed by atoms with Crippen molar-refractivity contribution in [2.24, 2.45) is 5.92 Å². The highest BCUT2D eigenvalue weighted by atomic mass is 16.5. The molecule has 154 valence electrons. The molecular weight excluding hydrogens is 364 g/mol. The second kappa shape index (κ2) is 7.86. The molecule has 1 saturated heterocycles. The van der Waals surface area contributed by atoms with Gasteiger partial charge in [-0.3, -0.25) is 9.69 Å². The third-order valence-electron chi connectivity index (χ3n) is 6.77. The van der Waals surface area contributed by atoms with Crippen LogP contribution in [0.4, 0.5) is 0 Å². The fourth-order valence-corrected chi connectivity index (χ4v) is 4.87. The van der Waals surface area contributed by atoms with Crippen molar-refractivity contribution in [3.05, 3.63) is 54.0 Å². The van der Waals surface area contributed by atoms with Gasteiger partial charge >= 0.3 is 0 Å². The van der Waals surface area contributed by atoms with Crippen molar-refractivity contribution in [1.29, 1.82) is 0 Å². The van der Waals surface area contributed by atoms with E-state index in [9.17, 15) is 4.79 Å². The Bertz CT molecular complexity index is 836. The molecule has 0 bridgehead atoms. The monoisotopic (exact) mass is 394 g/mol. The fourth-order valence-electron chi connectivity index (χ4n) is 4.87. The predicted octanol–water partition coefficient (Wildman–Crippen LogP) is 4.10. The summed E-state index contributed by atoms with van der Waals surface area (Å²) in [4.78, 5) is 15.1. The van der Waals surface area contributed by atoms with E-state index in [2.05, 4.69) is 28.4 Å². The van der Waals surface area contributed by atoms with Gasteiger partial charge in [-0.25, -0.2) is 0 Å². The number of amides is 1. The zero-order valence-corrected chi connectivity index (χ0v) is 16.9. The number of nitrogens with zero attached hydrogens (tertiary/aromatic N) is 1. The average molecular weight is 395 g/mol. The summed E-state index contributed by atoms with van der Waals surface area (Å²) in [7, 11) is 0. The van der Waals surface area contributed by atoms with Gasteiger partial charge in [0.05, 0.1) is 12.5 Å². The average Bonchev–Trinajstić information content (AvgIpc) is 3.43. The molecule has 5 nitrogen and oxygen atoms in total. The number of likely N-dealkylation sites (tertiary alicyclic amines) is 1. The van der Waals surface area contributed by atoms with E-state index in [0.717, 1.165) is 51.2 Å². The minimum atomic E-state index is -0.150. The van der Waals surface area contributed by atoms with Crippen LogP contribution in [0.25, 0.3) is 0 Å². The first-order chi connectivity index (χ1) is 14.2. The van der Waals surface area contributed by atoms with E-state index in [0.29, 0.717) is 12.3 Å². The van der Waals surface area contributed by atoms with E-state index in [1.54, 1.807) is 6.26 Å². The lowest BCUT2D eigenvalue weighted by molar-refractivity contribution is -0.122. The molecule has 1 saturated carbocycles. The Labute approximate surface area is 172 Å². The number of carbonyl (C=O) groups excluding carboxylic acids is 1. The van der Waals surface area contributed by atoms with Crippen LogP contribution in [0.5, 0.6) is 5.75 Å². The number of nitrogens with one attached hydrogen (secondary N) is 1. The zero-order valence-electron chi connectivity index (χ0n) is 16.9. The van der Waals surface area contributed by atoms with E-state index in [1.165, 1.54) is 24.0 Å². The van der Waals surface area contributed by atoms with Gasteiger partial charge in [-0.05, 0) is 55.7 Å². The van der Waals surface area contributed by atoms with Crippen molar-refractivity contribution < 1.29 is 13.9 Å². The number of carbonyl (C=O) groups is 1. The van der Waals surface area contributed by atoms with Gasteiger partial charge in [0.2, 0.25) is 5.91 Å². The highest BCUT2D eigenvalue weighted by molar-refractivity contribution is 5.77. The third kappa shape index (κ3) is 4.35. The summed E-state index contributed by atoms with van der Waals surface area (Å²) < 4.78 is 11.8. The molecule has 1 spiro atoms. The quantitative estimate of drug-likeness (QED) is 0.802. The fraction of sp³-hybridized carbons (Fsp3) is 0.542. The van der Waals surface area contributed by atoms with Crippen molar-refractivity contribution in [1.82, 2.24) is 10.2 Å². The molecule has 1 N–H and O–H groups in total. The Morgan fingerprint density at radius 2 is 2.00 bits per heavy atom. The first kappa shape index (κ1) is 18.7.